The van der Waals surface area contributed by atoms with Crippen LogP contribution in [0.25, 0.3) is 17.1 Å². The average molecular weight is 247 g/mol. The molecule has 0 amide bonds. The van der Waals surface area contributed by atoms with Crippen LogP contribution in [0.5, 0.6) is 0 Å². The van der Waals surface area contributed by atoms with Crippen molar-refractivity contribution in [2.75, 3.05) is 0 Å². The van der Waals surface area contributed by atoms with Crippen LogP contribution in [-0.2, 0) is 0 Å². The molecular formula is C16H13N3. The summed E-state index contributed by atoms with van der Waals surface area (Å²) in [6.45, 7) is 0. The Morgan fingerprint density at radius 2 is 2.05 bits per heavy atom. The fourth-order valence-corrected chi connectivity index (χ4v) is 2.23. The third kappa shape index (κ3) is 2.21. The van der Waals surface area contributed by atoms with Crippen LogP contribution < -0.4 is 0 Å². The lowest BCUT2D eigenvalue weighted by Crippen LogP contribution is -2.00. The SMILES string of the molecule is N#Cc1ccc(-c2nccn2C2=CC=CCC2)cc1. The zero-order chi connectivity index (χ0) is 13.1. The zero-order valence-electron chi connectivity index (χ0n) is 10.5. The van der Waals surface area contributed by atoms with Gasteiger partial charge >= 0.3 is 0 Å². The molecular weight excluding hydrogens is 234 g/mol. The smallest absolute Gasteiger partial charge is 0.144 e. The van der Waals surface area contributed by atoms with Gasteiger partial charge in [-0.3, -0.25) is 0 Å². The first-order valence-corrected chi connectivity index (χ1v) is 6.28. The first-order chi connectivity index (χ1) is 9.38. The summed E-state index contributed by atoms with van der Waals surface area (Å²) in [5.74, 6) is 0.922. The van der Waals surface area contributed by atoms with Crippen LogP contribution in [0.4, 0.5) is 0 Å². The number of nitrogens with zero attached hydrogens (tertiary/aromatic N) is 3. The van der Waals surface area contributed by atoms with E-state index in [0.29, 0.717) is 5.56 Å². The van der Waals surface area contributed by atoms with Gasteiger partial charge in [0.25, 0.3) is 0 Å². The molecule has 1 heterocycles. The molecule has 0 radical (unpaired) electrons. The molecule has 0 saturated heterocycles. The van der Waals surface area contributed by atoms with Crippen LogP contribution >= 0.6 is 0 Å². The van der Waals surface area contributed by atoms with E-state index in [9.17, 15) is 0 Å². The highest BCUT2D eigenvalue weighted by Crippen LogP contribution is 2.25. The van der Waals surface area contributed by atoms with Gasteiger partial charge in [0.2, 0.25) is 0 Å². The third-order valence-corrected chi connectivity index (χ3v) is 3.21. The van der Waals surface area contributed by atoms with Gasteiger partial charge in [0.15, 0.2) is 0 Å². The van der Waals surface area contributed by atoms with Crippen LogP contribution in [-0.4, -0.2) is 9.55 Å². The maximum atomic E-state index is 8.83. The maximum absolute atomic E-state index is 8.83. The second-order valence-corrected chi connectivity index (χ2v) is 4.43. The van der Waals surface area contributed by atoms with Crippen LogP contribution in [0, 0.1) is 11.3 Å². The maximum Gasteiger partial charge on any atom is 0.144 e. The van der Waals surface area contributed by atoms with E-state index in [-0.39, 0.29) is 0 Å². The Bertz CT molecular complexity index is 682. The molecule has 2 aromatic rings. The predicted molar refractivity (Wildman–Crippen MR) is 75.0 cm³/mol. The second kappa shape index (κ2) is 4.95. The Balaban J connectivity index is 2.02. The summed E-state index contributed by atoms with van der Waals surface area (Å²) in [4.78, 5) is 4.43. The van der Waals surface area contributed by atoms with Crippen LogP contribution in [0.15, 0.2) is 54.9 Å². The Hall–Kier alpha value is -2.60. The minimum atomic E-state index is 0.668. The van der Waals surface area contributed by atoms with E-state index in [0.717, 1.165) is 24.2 Å². The van der Waals surface area contributed by atoms with Crippen molar-refractivity contribution in [3.8, 4) is 17.5 Å². The number of imidazole rings is 1. The van der Waals surface area contributed by atoms with Gasteiger partial charge in [-0.1, -0.05) is 12.2 Å². The van der Waals surface area contributed by atoms with Crippen LogP contribution in [0.2, 0.25) is 0 Å². The van der Waals surface area contributed by atoms with E-state index in [4.69, 9.17) is 5.26 Å². The molecule has 0 spiro atoms. The summed E-state index contributed by atoms with van der Waals surface area (Å²) in [5, 5.41) is 8.83. The average Bonchev–Trinajstić information content (AvgIpc) is 2.98. The molecule has 3 nitrogen and oxygen atoms in total. The van der Waals surface area contributed by atoms with Crippen molar-refractivity contribution in [1.29, 1.82) is 5.26 Å². The molecule has 1 aromatic carbocycles. The van der Waals surface area contributed by atoms with Crippen molar-refractivity contribution in [3.63, 3.8) is 0 Å². The highest BCUT2D eigenvalue weighted by molar-refractivity contribution is 5.64. The van der Waals surface area contributed by atoms with E-state index in [1.54, 1.807) is 0 Å². The molecule has 0 unspecified atom stereocenters. The van der Waals surface area contributed by atoms with Crippen molar-refractivity contribution in [2.45, 2.75) is 12.8 Å². The highest BCUT2D eigenvalue weighted by atomic mass is 15.1. The molecule has 1 aromatic heterocycles. The van der Waals surface area contributed by atoms with Gasteiger partial charge in [-0.2, -0.15) is 5.26 Å². The molecule has 1 aliphatic rings. The van der Waals surface area contributed by atoms with E-state index in [1.807, 2.05) is 36.7 Å². The zero-order valence-corrected chi connectivity index (χ0v) is 10.5. The van der Waals surface area contributed by atoms with Crippen molar-refractivity contribution >= 4 is 5.70 Å². The number of rotatable bonds is 2. The van der Waals surface area contributed by atoms with E-state index >= 15 is 0 Å². The molecule has 0 saturated carbocycles. The Morgan fingerprint density at radius 1 is 1.21 bits per heavy atom. The van der Waals surface area contributed by atoms with Gasteiger partial charge in [0.1, 0.15) is 5.82 Å². The summed E-state index contributed by atoms with van der Waals surface area (Å²) in [6.07, 6.45) is 12.3. The lowest BCUT2D eigenvalue weighted by Gasteiger charge is -2.13. The first kappa shape index (κ1) is 11.5. The van der Waals surface area contributed by atoms with Gasteiger partial charge in [0.05, 0.1) is 11.6 Å². The topological polar surface area (TPSA) is 41.6 Å². The van der Waals surface area contributed by atoms with Crippen molar-refractivity contribution in [1.82, 2.24) is 9.55 Å². The summed E-state index contributed by atoms with van der Waals surface area (Å²) in [7, 11) is 0. The number of hydrogen-bond donors (Lipinski definition) is 0. The molecule has 0 aliphatic heterocycles. The van der Waals surface area contributed by atoms with Crippen molar-refractivity contribution < 1.29 is 0 Å². The quantitative estimate of drug-likeness (QED) is 0.813. The largest absolute Gasteiger partial charge is 0.304 e. The molecule has 3 rings (SSSR count). The Kier molecular flexibility index (Phi) is 2.99. The summed E-state index contributed by atoms with van der Waals surface area (Å²) >= 11 is 0. The summed E-state index contributed by atoms with van der Waals surface area (Å²) < 4.78 is 2.12. The first-order valence-electron chi connectivity index (χ1n) is 6.28. The molecule has 0 bridgehead atoms. The second-order valence-electron chi connectivity index (χ2n) is 4.43. The molecule has 0 N–H and O–H groups in total. The Labute approximate surface area is 112 Å². The molecule has 1 aliphatic carbocycles. The van der Waals surface area contributed by atoms with Gasteiger partial charge in [-0.25, -0.2) is 4.98 Å². The van der Waals surface area contributed by atoms with Crippen molar-refractivity contribution in [2.24, 2.45) is 0 Å². The van der Waals surface area contributed by atoms with Crippen LogP contribution in [0.1, 0.15) is 18.4 Å². The normalized spacial score (nSPS) is 13.9. The number of nitriles is 1. The van der Waals surface area contributed by atoms with Crippen molar-refractivity contribution in [3.05, 3.63) is 60.5 Å². The Morgan fingerprint density at radius 3 is 2.74 bits per heavy atom. The number of allylic oxidation sites excluding steroid dienone is 4. The van der Waals surface area contributed by atoms with E-state index in [1.165, 1.54) is 5.70 Å². The van der Waals surface area contributed by atoms with Gasteiger partial charge in [0, 0.05) is 23.7 Å². The van der Waals surface area contributed by atoms with Gasteiger partial charge in [-0.05, 0) is 43.2 Å². The van der Waals surface area contributed by atoms with E-state index in [2.05, 4.69) is 33.8 Å². The van der Waals surface area contributed by atoms with Gasteiger partial charge in [-0.15, -0.1) is 0 Å². The molecule has 92 valence electrons. The third-order valence-electron chi connectivity index (χ3n) is 3.21. The highest BCUT2D eigenvalue weighted by Gasteiger charge is 2.10. The summed E-state index contributed by atoms with van der Waals surface area (Å²) in [5.41, 5.74) is 2.94. The number of benzene rings is 1. The minimum Gasteiger partial charge on any atom is -0.304 e. The number of aromatic nitrogens is 2. The fraction of sp³-hybridized carbons (Fsp3) is 0.125. The predicted octanol–water partition coefficient (Wildman–Crippen LogP) is 3.61. The van der Waals surface area contributed by atoms with Gasteiger partial charge < -0.3 is 4.57 Å². The molecule has 0 atom stereocenters. The van der Waals surface area contributed by atoms with Crippen LogP contribution in [0.3, 0.4) is 0 Å². The minimum absolute atomic E-state index is 0.668. The summed E-state index contributed by atoms with van der Waals surface area (Å²) in [6, 6.07) is 9.66. The fourth-order valence-electron chi connectivity index (χ4n) is 2.23. The lowest BCUT2D eigenvalue weighted by molar-refractivity contribution is 0.944. The molecule has 3 heteroatoms. The number of hydrogen-bond acceptors (Lipinski definition) is 2. The monoisotopic (exact) mass is 247 g/mol. The lowest BCUT2D eigenvalue weighted by atomic mass is 10.1. The molecule has 0 fully saturated rings. The standard InChI is InChI=1S/C16H13N3/c17-12-13-6-8-14(9-7-13)16-18-10-11-19(16)15-4-2-1-3-5-15/h1-2,4,6-11H,3,5H2. The molecule has 19 heavy (non-hydrogen) atoms. The van der Waals surface area contributed by atoms with E-state index < -0.39 is 0 Å².